The zero-order valence-corrected chi connectivity index (χ0v) is 7.32. The quantitative estimate of drug-likeness (QED) is 0.671. The molecule has 0 aromatic carbocycles. The molecule has 6 heteroatoms. The summed E-state index contributed by atoms with van der Waals surface area (Å²) in [6.07, 6.45) is -6.53. The lowest BCUT2D eigenvalue weighted by Gasteiger charge is -2.34. The first kappa shape index (κ1) is 11.7. The molecule has 0 bridgehead atoms. The Morgan fingerprint density at radius 3 is 1.86 bits per heavy atom. The van der Waals surface area contributed by atoms with E-state index in [0.29, 0.717) is 12.8 Å². The fourth-order valence-corrected chi connectivity index (χ4v) is 1.74. The minimum Gasteiger partial charge on any atom is -0.393 e. The minimum absolute atomic E-state index is 0.0241. The Hall–Kier alpha value is -0.390. The van der Waals surface area contributed by atoms with E-state index < -0.39 is 24.1 Å². The molecular weight excluding hydrogens is 207 g/mol. The van der Waals surface area contributed by atoms with Gasteiger partial charge in [-0.1, -0.05) is 12.8 Å². The minimum atomic E-state index is -5.56. The monoisotopic (exact) mass is 218 g/mol. The lowest BCUT2D eigenvalue weighted by atomic mass is 9.82. The molecule has 0 spiro atoms. The van der Waals surface area contributed by atoms with Gasteiger partial charge in [0.2, 0.25) is 0 Å². The summed E-state index contributed by atoms with van der Waals surface area (Å²) in [7, 11) is 0. The predicted octanol–water partition coefficient (Wildman–Crippen LogP) is 2.74. The van der Waals surface area contributed by atoms with Crippen molar-refractivity contribution >= 4 is 0 Å². The lowest BCUT2D eigenvalue weighted by molar-refractivity contribution is -0.314. The van der Waals surface area contributed by atoms with Gasteiger partial charge in [-0.3, -0.25) is 0 Å². The second-order valence-corrected chi connectivity index (χ2v) is 3.58. The Kier molecular flexibility index (Phi) is 3.04. The SMILES string of the molecule is O[C@@H]1CCCC[C@H]1C(F)(F)C(F)(F)F. The fourth-order valence-electron chi connectivity index (χ4n) is 1.74. The van der Waals surface area contributed by atoms with Crippen LogP contribution in [0.25, 0.3) is 0 Å². The summed E-state index contributed by atoms with van der Waals surface area (Å²) in [5.41, 5.74) is 0. The first-order chi connectivity index (χ1) is 6.27. The summed E-state index contributed by atoms with van der Waals surface area (Å²) in [5, 5.41) is 9.09. The average molecular weight is 218 g/mol. The molecule has 0 aromatic rings. The second-order valence-electron chi connectivity index (χ2n) is 3.58. The van der Waals surface area contributed by atoms with Gasteiger partial charge >= 0.3 is 12.1 Å². The summed E-state index contributed by atoms with van der Waals surface area (Å²) in [4.78, 5) is 0. The standard InChI is InChI=1S/C8H11F5O/c9-7(10,8(11,12)13)5-3-1-2-4-6(5)14/h5-6,14H,1-4H2/t5-,6-/m1/s1. The number of alkyl halides is 5. The van der Waals surface area contributed by atoms with Crippen molar-refractivity contribution in [2.24, 2.45) is 5.92 Å². The Bertz CT molecular complexity index is 200. The van der Waals surface area contributed by atoms with Crippen LogP contribution in [0.3, 0.4) is 0 Å². The molecule has 0 heterocycles. The van der Waals surface area contributed by atoms with E-state index >= 15 is 0 Å². The molecule has 0 saturated heterocycles. The molecule has 1 aliphatic rings. The third kappa shape index (κ3) is 1.99. The van der Waals surface area contributed by atoms with Crippen molar-refractivity contribution in [3.05, 3.63) is 0 Å². The van der Waals surface area contributed by atoms with Crippen LogP contribution in [0.4, 0.5) is 22.0 Å². The molecule has 1 rings (SSSR count). The number of aliphatic hydroxyl groups is 1. The predicted molar refractivity (Wildman–Crippen MR) is 39.0 cm³/mol. The van der Waals surface area contributed by atoms with E-state index in [4.69, 9.17) is 5.11 Å². The highest BCUT2D eigenvalue weighted by Gasteiger charge is 2.63. The molecule has 2 atom stereocenters. The molecule has 0 unspecified atom stereocenters. The van der Waals surface area contributed by atoms with E-state index in [1.54, 1.807) is 0 Å². The molecule has 84 valence electrons. The van der Waals surface area contributed by atoms with Gasteiger partial charge in [0.1, 0.15) is 0 Å². The van der Waals surface area contributed by atoms with Crippen molar-refractivity contribution in [3.63, 3.8) is 0 Å². The van der Waals surface area contributed by atoms with Crippen LogP contribution in [-0.2, 0) is 0 Å². The van der Waals surface area contributed by atoms with E-state index in [9.17, 15) is 22.0 Å². The van der Waals surface area contributed by atoms with Crippen LogP contribution >= 0.6 is 0 Å². The smallest absolute Gasteiger partial charge is 0.393 e. The maximum absolute atomic E-state index is 12.8. The van der Waals surface area contributed by atoms with Gasteiger partial charge in [-0.15, -0.1) is 0 Å². The highest BCUT2D eigenvalue weighted by atomic mass is 19.4. The third-order valence-electron chi connectivity index (χ3n) is 2.57. The number of rotatable bonds is 1. The van der Waals surface area contributed by atoms with Crippen LogP contribution in [0.1, 0.15) is 25.7 Å². The molecule has 0 radical (unpaired) electrons. The van der Waals surface area contributed by atoms with Gasteiger partial charge in [-0.25, -0.2) is 0 Å². The summed E-state index contributed by atoms with van der Waals surface area (Å²) in [6, 6.07) is 0. The highest BCUT2D eigenvalue weighted by Crippen LogP contribution is 2.46. The Balaban J connectivity index is 2.79. The second kappa shape index (κ2) is 3.64. The zero-order chi connectivity index (χ0) is 11.0. The Morgan fingerprint density at radius 1 is 0.929 bits per heavy atom. The molecule has 1 fully saturated rings. The van der Waals surface area contributed by atoms with Crippen molar-refractivity contribution in [1.82, 2.24) is 0 Å². The highest BCUT2D eigenvalue weighted by molar-refractivity contribution is 4.90. The molecule has 1 N–H and O–H groups in total. The van der Waals surface area contributed by atoms with E-state index in [1.165, 1.54) is 0 Å². The van der Waals surface area contributed by atoms with Gasteiger partial charge in [0.05, 0.1) is 12.0 Å². The molecule has 1 nitrogen and oxygen atoms in total. The van der Waals surface area contributed by atoms with Crippen LogP contribution in [-0.4, -0.2) is 23.3 Å². The third-order valence-corrected chi connectivity index (χ3v) is 2.57. The fraction of sp³-hybridized carbons (Fsp3) is 1.00. The van der Waals surface area contributed by atoms with E-state index in [1.807, 2.05) is 0 Å². The van der Waals surface area contributed by atoms with Crippen LogP contribution in [0.15, 0.2) is 0 Å². The average Bonchev–Trinajstić information content (AvgIpc) is 2.02. The van der Waals surface area contributed by atoms with E-state index in [0.717, 1.165) is 0 Å². The first-order valence-electron chi connectivity index (χ1n) is 4.39. The maximum Gasteiger partial charge on any atom is 0.453 e. The molecule has 1 aliphatic carbocycles. The van der Waals surface area contributed by atoms with E-state index in [2.05, 4.69) is 0 Å². The molecule has 0 amide bonds. The van der Waals surface area contributed by atoms with Crippen LogP contribution < -0.4 is 0 Å². The Morgan fingerprint density at radius 2 is 1.43 bits per heavy atom. The summed E-state index contributed by atoms with van der Waals surface area (Å²) in [5.74, 6) is -6.75. The molecule has 0 aromatic heterocycles. The number of hydrogen-bond acceptors (Lipinski definition) is 1. The van der Waals surface area contributed by atoms with Gasteiger partial charge in [0, 0.05) is 0 Å². The van der Waals surface area contributed by atoms with Crippen LogP contribution in [0.5, 0.6) is 0 Å². The topological polar surface area (TPSA) is 20.2 Å². The zero-order valence-electron chi connectivity index (χ0n) is 7.32. The van der Waals surface area contributed by atoms with Crippen molar-refractivity contribution in [1.29, 1.82) is 0 Å². The number of hydrogen-bond donors (Lipinski definition) is 1. The van der Waals surface area contributed by atoms with Gasteiger partial charge in [0.25, 0.3) is 0 Å². The summed E-state index contributed by atoms with van der Waals surface area (Å²) < 4.78 is 61.4. The van der Waals surface area contributed by atoms with Crippen LogP contribution in [0.2, 0.25) is 0 Å². The molecule has 0 aliphatic heterocycles. The normalized spacial score (nSPS) is 30.4. The Labute approximate surface area is 77.9 Å². The molecule has 14 heavy (non-hydrogen) atoms. The van der Waals surface area contributed by atoms with Gasteiger partial charge in [-0.2, -0.15) is 22.0 Å². The van der Waals surface area contributed by atoms with Crippen LogP contribution in [0, 0.1) is 5.92 Å². The lowest BCUT2D eigenvalue weighted by Crippen LogP contribution is -2.49. The van der Waals surface area contributed by atoms with Gasteiger partial charge in [0.15, 0.2) is 0 Å². The van der Waals surface area contributed by atoms with Crippen molar-refractivity contribution < 1.29 is 27.1 Å². The number of aliphatic hydroxyl groups excluding tert-OH is 1. The van der Waals surface area contributed by atoms with Gasteiger partial charge < -0.3 is 5.11 Å². The molecule has 1 saturated carbocycles. The largest absolute Gasteiger partial charge is 0.453 e. The van der Waals surface area contributed by atoms with Crippen molar-refractivity contribution in [2.75, 3.05) is 0 Å². The first-order valence-corrected chi connectivity index (χ1v) is 4.39. The molecular formula is C8H11F5O. The van der Waals surface area contributed by atoms with Crippen molar-refractivity contribution in [3.8, 4) is 0 Å². The van der Waals surface area contributed by atoms with Crippen molar-refractivity contribution in [2.45, 2.75) is 43.9 Å². The summed E-state index contributed by atoms with van der Waals surface area (Å²) >= 11 is 0. The van der Waals surface area contributed by atoms with E-state index in [-0.39, 0.29) is 12.8 Å². The summed E-state index contributed by atoms with van der Waals surface area (Å²) in [6.45, 7) is 0. The maximum atomic E-state index is 12.8. The van der Waals surface area contributed by atoms with Gasteiger partial charge in [-0.05, 0) is 12.8 Å². The number of halogens is 5.